The van der Waals surface area contributed by atoms with Crippen LogP contribution in [0, 0.1) is 11.8 Å². The first kappa shape index (κ1) is 20.7. The van der Waals surface area contributed by atoms with E-state index in [4.69, 9.17) is 10.5 Å². The number of amides is 1. The lowest BCUT2D eigenvalue weighted by molar-refractivity contribution is -0.151. The Labute approximate surface area is 136 Å². The summed E-state index contributed by atoms with van der Waals surface area (Å²) < 4.78 is 5.69. The van der Waals surface area contributed by atoms with Gasteiger partial charge in [-0.15, -0.1) is 12.4 Å². The Kier molecular flexibility index (Phi) is 10.3. The minimum atomic E-state index is -0.710. The molecule has 0 saturated heterocycles. The first-order valence-corrected chi connectivity index (χ1v) is 8.38. The molecule has 4 heteroatoms. The number of hydrogen-bond donors (Lipinski definition) is 1. The van der Waals surface area contributed by atoms with Gasteiger partial charge in [-0.3, -0.25) is 4.79 Å². The second-order valence-electron chi connectivity index (χ2n) is 6.79. The number of carbonyl (C=O) groups is 1. The van der Waals surface area contributed by atoms with Crippen LogP contribution in [0.25, 0.3) is 0 Å². The molecule has 0 spiro atoms. The van der Waals surface area contributed by atoms with Gasteiger partial charge < -0.3 is 10.5 Å². The van der Waals surface area contributed by atoms with Crippen LogP contribution in [0.5, 0.6) is 0 Å². The van der Waals surface area contributed by atoms with Gasteiger partial charge in [0.1, 0.15) is 5.60 Å². The zero-order chi connectivity index (χ0) is 15.0. The quantitative estimate of drug-likeness (QED) is 0.638. The topological polar surface area (TPSA) is 52.3 Å². The van der Waals surface area contributed by atoms with Crippen LogP contribution in [0.3, 0.4) is 0 Å². The van der Waals surface area contributed by atoms with Gasteiger partial charge in [0.25, 0.3) is 0 Å². The van der Waals surface area contributed by atoms with E-state index in [9.17, 15) is 4.79 Å². The summed E-state index contributed by atoms with van der Waals surface area (Å²) in [5, 5.41) is 0. The van der Waals surface area contributed by atoms with E-state index in [1.165, 1.54) is 38.5 Å². The molecule has 2 N–H and O–H groups in total. The standard InChI is InChI=1S/C17H33NO2.ClH/c1-14(2)10-6-5-9-13-17(20-3,16(18)19)15-11-7-4-8-12-15;/h14-15H,4-13H2,1-3H3,(H2,18,19);1H/t17-;/m1./s1. The summed E-state index contributed by atoms with van der Waals surface area (Å²) in [6, 6.07) is 0. The lowest BCUT2D eigenvalue weighted by Gasteiger charge is -2.39. The molecule has 0 aromatic heterocycles. The normalized spacial score (nSPS) is 19.0. The Balaban J connectivity index is 0.00000400. The molecule has 1 aliphatic rings. The van der Waals surface area contributed by atoms with Gasteiger partial charge in [-0.25, -0.2) is 0 Å². The molecule has 1 amide bonds. The van der Waals surface area contributed by atoms with E-state index in [2.05, 4.69) is 13.8 Å². The monoisotopic (exact) mass is 319 g/mol. The molecule has 1 rings (SSSR count). The van der Waals surface area contributed by atoms with Crippen molar-refractivity contribution in [1.29, 1.82) is 0 Å². The van der Waals surface area contributed by atoms with Crippen molar-refractivity contribution in [3.63, 3.8) is 0 Å². The highest BCUT2D eigenvalue weighted by Gasteiger charge is 2.44. The second kappa shape index (κ2) is 10.4. The predicted octanol–water partition coefficient (Wildman–Crippen LogP) is 4.47. The van der Waals surface area contributed by atoms with Crippen molar-refractivity contribution < 1.29 is 9.53 Å². The minimum absolute atomic E-state index is 0. The van der Waals surface area contributed by atoms with Crippen LogP contribution >= 0.6 is 12.4 Å². The summed E-state index contributed by atoms with van der Waals surface area (Å²) in [5.41, 5.74) is 5.00. The fourth-order valence-corrected chi connectivity index (χ4v) is 3.58. The van der Waals surface area contributed by atoms with E-state index in [0.717, 1.165) is 31.6 Å². The summed E-state index contributed by atoms with van der Waals surface area (Å²) in [6.45, 7) is 4.51. The molecule has 0 unspecified atom stereocenters. The number of halogens is 1. The fraction of sp³-hybridized carbons (Fsp3) is 0.941. The number of ether oxygens (including phenoxy) is 1. The molecule has 1 fully saturated rings. The van der Waals surface area contributed by atoms with Crippen molar-refractivity contribution in [2.45, 2.75) is 83.7 Å². The lowest BCUT2D eigenvalue weighted by atomic mass is 9.73. The smallest absolute Gasteiger partial charge is 0.249 e. The second-order valence-corrected chi connectivity index (χ2v) is 6.79. The maximum Gasteiger partial charge on any atom is 0.249 e. The van der Waals surface area contributed by atoms with Crippen molar-refractivity contribution in [1.82, 2.24) is 0 Å². The Morgan fingerprint density at radius 1 is 1.19 bits per heavy atom. The van der Waals surface area contributed by atoms with Crippen LogP contribution in [0.1, 0.15) is 78.1 Å². The van der Waals surface area contributed by atoms with E-state index < -0.39 is 5.60 Å². The van der Waals surface area contributed by atoms with Crippen LogP contribution in [0.15, 0.2) is 0 Å². The number of unbranched alkanes of at least 4 members (excludes halogenated alkanes) is 2. The van der Waals surface area contributed by atoms with Gasteiger partial charge >= 0.3 is 0 Å². The Morgan fingerprint density at radius 2 is 1.81 bits per heavy atom. The number of methoxy groups -OCH3 is 1. The summed E-state index contributed by atoms with van der Waals surface area (Å²) in [5.74, 6) is 0.830. The Morgan fingerprint density at radius 3 is 2.29 bits per heavy atom. The van der Waals surface area contributed by atoms with E-state index >= 15 is 0 Å². The van der Waals surface area contributed by atoms with Crippen molar-refractivity contribution in [3.05, 3.63) is 0 Å². The Bertz CT molecular complexity index is 291. The molecule has 0 bridgehead atoms. The first-order valence-electron chi connectivity index (χ1n) is 8.38. The summed E-state index contributed by atoms with van der Waals surface area (Å²) in [4.78, 5) is 12.0. The van der Waals surface area contributed by atoms with Gasteiger partial charge in [-0.05, 0) is 31.1 Å². The maximum atomic E-state index is 12.0. The third-order valence-electron chi connectivity index (χ3n) is 4.88. The molecule has 126 valence electrons. The molecule has 0 aromatic rings. The third kappa shape index (κ3) is 6.15. The summed E-state index contributed by atoms with van der Waals surface area (Å²) in [7, 11) is 1.66. The Hall–Kier alpha value is -0.280. The first-order chi connectivity index (χ1) is 9.53. The number of nitrogens with two attached hydrogens (primary N) is 1. The zero-order valence-electron chi connectivity index (χ0n) is 14.0. The number of hydrogen-bond acceptors (Lipinski definition) is 2. The van der Waals surface area contributed by atoms with Crippen LogP contribution in [-0.4, -0.2) is 18.6 Å². The van der Waals surface area contributed by atoms with Gasteiger partial charge in [-0.1, -0.05) is 58.8 Å². The van der Waals surface area contributed by atoms with Gasteiger partial charge in [0, 0.05) is 7.11 Å². The largest absolute Gasteiger partial charge is 0.368 e. The average molecular weight is 320 g/mol. The third-order valence-corrected chi connectivity index (χ3v) is 4.88. The summed E-state index contributed by atoms with van der Waals surface area (Å²) in [6.07, 6.45) is 11.4. The number of rotatable bonds is 9. The van der Waals surface area contributed by atoms with Gasteiger partial charge in [0.05, 0.1) is 0 Å². The lowest BCUT2D eigenvalue weighted by Crippen LogP contribution is -2.52. The molecule has 0 aliphatic heterocycles. The number of primary amides is 1. The summed E-state index contributed by atoms with van der Waals surface area (Å²) >= 11 is 0. The molecule has 21 heavy (non-hydrogen) atoms. The van der Waals surface area contributed by atoms with Crippen LogP contribution in [0.4, 0.5) is 0 Å². The predicted molar refractivity (Wildman–Crippen MR) is 90.7 cm³/mol. The average Bonchev–Trinajstić information content (AvgIpc) is 2.43. The van der Waals surface area contributed by atoms with Gasteiger partial charge in [0.2, 0.25) is 5.91 Å². The zero-order valence-corrected chi connectivity index (χ0v) is 14.8. The van der Waals surface area contributed by atoms with E-state index in [1.54, 1.807) is 7.11 Å². The van der Waals surface area contributed by atoms with Crippen LogP contribution in [0.2, 0.25) is 0 Å². The maximum absolute atomic E-state index is 12.0. The van der Waals surface area contributed by atoms with Crippen molar-refractivity contribution in [2.75, 3.05) is 7.11 Å². The molecular formula is C17H34ClNO2. The van der Waals surface area contributed by atoms with Crippen molar-refractivity contribution >= 4 is 18.3 Å². The highest BCUT2D eigenvalue weighted by Crippen LogP contribution is 2.38. The van der Waals surface area contributed by atoms with Crippen LogP contribution in [-0.2, 0) is 9.53 Å². The molecule has 0 heterocycles. The fourth-order valence-electron chi connectivity index (χ4n) is 3.58. The van der Waals surface area contributed by atoms with Crippen LogP contribution < -0.4 is 5.73 Å². The minimum Gasteiger partial charge on any atom is -0.368 e. The van der Waals surface area contributed by atoms with E-state index in [1.807, 2.05) is 0 Å². The molecule has 0 aromatic carbocycles. The van der Waals surface area contributed by atoms with E-state index in [-0.39, 0.29) is 18.3 Å². The molecule has 0 radical (unpaired) electrons. The highest BCUT2D eigenvalue weighted by atomic mass is 35.5. The molecular weight excluding hydrogens is 286 g/mol. The van der Waals surface area contributed by atoms with Gasteiger partial charge in [-0.2, -0.15) is 0 Å². The van der Waals surface area contributed by atoms with Crippen molar-refractivity contribution in [3.8, 4) is 0 Å². The molecule has 1 saturated carbocycles. The van der Waals surface area contributed by atoms with Crippen molar-refractivity contribution in [2.24, 2.45) is 17.6 Å². The number of carbonyl (C=O) groups excluding carboxylic acids is 1. The molecule has 1 aliphatic carbocycles. The molecule has 3 nitrogen and oxygen atoms in total. The van der Waals surface area contributed by atoms with E-state index in [0.29, 0.717) is 5.92 Å². The highest BCUT2D eigenvalue weighted by molar-refractivity contribution is 5.85. The van der Waals surface area contributed by atoms with Gasteiger partial charge in [0.15, 0.2) is 0 Å². The SMILES string of the molecule is CO[C@@](CCCCCC(C)C)(C(N)=O)C1CCCCC1.Cl. The molecule has 1 atom stereocenters.